The van der Waals surface area contributed by atoms with Crippen molar-refractivity contribution in [1.82, 2.24) is 4.98 Å². The summed E-state index contributed by atoms with van der Waals surface area (Å²) in [6, 6.07) is 8.42. The van der Waals surface area contributed by atoms with Crippen molar-refractivity contribution < 1.29 is 13.4 Å². The molecule has 2 fully saturated rings. The number of hydrogen-bond acceptors (Lipinski definition) is 5. The molecule has 2 aliphatic heterocycles. The van der Waals surface area contributed by atoms with Crippen LogP contribution in [-0.4, -0.2) is 47.0 Å². The average molecular weight is 360 g/mol. The lowest BCUT2D eigenvalue weighted by atomic mass is 9.82. The van der Waals surface area contributed by atoms with Crippen LogP contribution in [0.5, 0.6) is 0 Å². The number of benzene rings is 1. The predicted octanol–water partition coefficient (Wildman–Crippen LogP) is 2.98. The van der Waals surface area contributed by atoms with Gasteiger partial charge in [0.15, 0.2) is 0 Å². The Hall–Kier alpha value is -1.66. The first kappa shape index (κ1) is 16.8. The zero-order valence-corrected chi connectivity index (χ0v) is 15.4. The molecule has 134 valence electrons. The third-order valence-electron chi connectivity index (χ3n) is 5.32. The summed E-state index contributed by atoms with van der Waals surface area (Å²) in [5.74, 6) is 2.33. The van der Waals surface area contributed by atoms with Gasteiger partial charge in [0.05, 0.1) is 0 Å². The van der Waals surface area contributed by atoms with Gasteiger partial charge in [0.25, 0.3) is 0 Å². The van der Waals surface area contributed by atoms with Crippen LogP contribution in [0.4, 0.5) is 5.69 Å². The van der Waals surface area contributed by atoms with E-state index in [1.807, 2.05) is 0 Å². The Morgan fingerprint density at radius 1 is 1.12 bits per heavy atom. The van der Waals surface area contributed by atoms with Gasteiger partial charge in [-0.2, -0.15) is 0 Å². The molecule has 2 aliphatic rings. The Morgan fingerprint density at radius 2 is 1.80 bits per heavy atom. The molecule has 0 unspecified atom stereocenters. The van der Waals surface area contributed by atoms with Crippen LogP contribution in [0, 0.1) is 0 Å². The fourth-order valence-electron chi connectivity index (χ4n) is 3.46. The number of nitrogens with zero attached hydrogens (tertiary/aromatic N) is 2. The van der Waals surface area contributed by atoms with E-state index >= 15 is 0 Å². The molecular weight excluding hydrogens is 336 g/mol. The topological polar surface area (TPSA) is 55.6 Å². The minimum absolute atomic E-state index is 0.0279. The lowest BCUT2D eigenvalue weighted by Gasteiger charge is -2.30. The van der Waals surface area contributed by atoms with Gasteiger partial charge in [-0.05, 0) is 25.0 Å². The lowest BCUT2D eigenvalue weighted by molar-refractivity contribution is 0.0470. The third-order valence-corrected chi connectivity index (χ3v) is 6.60. The van der Waals surface area contributed by atoms with Gasteiger partial charge >= 0.3 is 0 Å². The fourth-order valence-corrected chi connectivity index (χ4v) is 4.51. The maximum Gasteiger partial charge on any atom is 0.200 e. The van der Waals surface area contributed by atoms with Crippen molar-refractivity contribution in [3.8, 4) is 11.3 Å². The summed E-state index contributed by atoms with van der Waals surface area (Å²) in [6.07, 6.45) is 3.65. The molecule has 0 atom stereocenters. The highest BCUT2D eigenvalue weighted by atomic mass is 32.2. The number of hydrogen-bond donors (Lipinski definition) is 0. The van der Waals surface area contributed by atoms with Gasteiger partial charge in [-0.1, -0.05) is 19.1 Å². The summed E-state index contributed by atoms with van der Waals surface area (Å²) in [4.78, 5) is 7.05. The second kappa shape index (κ2) is 6.92. The summed E-state index contributed by atoms with van der Waals surface area (Å²) >= 11 is 0. The highest BCUT2D eigenvalue weighted by molar-refractivity contribution is 7.85. The van der Waals surface area contributed by atoms with Gasteiger partial charge < -0.3 is 14.1 Å². The van der Waals surface area contributed by atoms with E-state index in [0.29, 0.717) is 0 Å². The van der Waals surface area contributed by atoms with E-state index in [1.165, 1.54) is 5.69 Å². The molecule has 2 aromatic rings. The Bertz CT molecular complexity index is 740. The summed E-state index contributed by atoms with van der Waals surface area (Å²) in [5, 5.41) is 0. The highest BCUT2D eigenvalue weighted by Gasteiger charge is 2.34. The van der Waals surface area contributed by atoms with Crippen molar-refractivity contribution in [3.05, 3.63) is 36.4 Å². The van der Waals surface area contributed by atoms with Gasteiger partial charge in [0, 0.05) is 65.3 Å². The molecule has 0 saturated carbocycles. The molecule has 3 heterocycles. The van der Waals surface area contributed by atoms with Crippen LogP contribution < -0.4 is 4.90 Å². The molecule has 0 amide bonds. The summed E-state index contributed by atoms with van der Waals surface area (Å²) in [7, 11) is -0.646. The third kappa shape index (κ3) is 3.51. The maximum atomic E-state index is 11.5. The minimum Gasteiger partial charge on any atom is -0.448 e. The van der Waals surface area contributed by atoms with Crippen LogP contribution in [0.2, 0.25) is 0 Å². The van der Waals surface area contributed by atoms with Crippen molar-refractivity contribution in [2.45, 2.75) is 25.2 Å². The molecule has 5 nitrogen and oxygen atoms in total. The normalized spacial score (nSPS) is 21.4. The predicted molar refractivity (Wildman–Crippen MR) is 99.4 cm³/mol. The lowest BCUT2D eigenvalue weighted by Crippen LogP contribution is -2.37. The van der Waals surface area contributed by atoms with Crippen LogP contribution >= 0.6 is 0 Å². The quantitative estimate of drug-likeness (QED) is 0.842. The van der Waals surface area contributed by atoms with Gasteiger partial charge in [-0.15, -0.1) is 0 Å². The average Bonchev–Trinajstić information content (AvgIpc) is 3.14. The molecule has 0 bridgehead atoms. The zero-order valence-electron chi connectivity index (χ0n) is 14.6. The van der Waals surface area contributed by atoms with Crippen LogP contribution in [0.1, 0.15) is 25.7 Å². The molecule has 0 aliphatic carbocycles. The van der Waals surface area contributed by atoms with E-state index in [-0.39, 0.29) is 5.41 Å². The smallest absolute Gasteiger partial charge is 0.200 e. The summed E-state index contributed by atoms with van der Waals surface area (Å²) in [6.45, 7) is 5.46. The van der Waals surface area contributed by atoms with Crippen LogP contribution in [0.3, 0.4) is 0 Å². The summed E-state index contributed by atoms with van der Waals surface area (Å²) < 4.78 is 22.8. The number of oxazole rings is 1. The van der Waals surface area contributed by atoms with E-state index < -0.39 is 10.8 Å². The van der Waals surface area contributed by atoms with E-state index in [1.54, 1.807) is 6.26 Å². The second-order valence-electron chi connectivity index (χ2n) is 7.09. The van der Waals surface area contributed by atoms with Crippen molar-refractivity contribution in [1.29, 1.82) is 0 Å². The Labute approximate surface area is 150 Å². The molecule has 1 aromatic heterocycles. The Kier molecular flexibility index (Phi) is 4.65. The molecule has 25 heavy (non-hydrogen) atoms. The van der Waals surface area contributed by atoms with Crippen molar-refractivity contribution in [3.63, 3.8) is 0 Å². The molecule has 6 heteroatoms. The van der Waals surface area contributed by atoms with Crippen LogP contribution in [-0.2, 0) is 21.0 Å². The number of ether oxygens (including phenoxy) is 1. The number of anilines is 1. The highest BCUT2D eigenvalue weighted by Crippen LogP contribution is 2.35. The maximum absolute atomic E-state index is 11.5. The van der Waals surface area contributed by atoms with E-state index in [9.17, 15) is 4.21 Å². The zero-order chi connectivity index (χ0) is 17.3. The van der Waals surface area contributed by atoms with Crippen molar-refractivity contribution >= 4 is 16.5 Å². The molecule has 0 spiro atoms. The number of rotatable bonds is 3. The first-order valence-corrected chi connectivity index (χ1v) is 10.4. The molecule has 2 saturated heterocycles. The summed E-state index contributed by atoms with van der Waals surface area (Å²) in [5.41, 5.74) is 3.10. The molecule has 1 aromatic carbocycles. The Morgan fingerprint density at radius 3 is 2.48 bits per heavy atom. The Balaban J connectivity index is 1.50. The number of aromatic nitrogens is 1. The molecule has 4 rings (SSSR count). The van der Waals surface area contributed by atoms with Crippen LogP contribution in [0.15, 0.2) is 34.9 Å². The monoisotopic (exact) mass is 360 g/mol. The van der Waals surface area contributed by atoms with Crippen LogP contribution in [0.25, 0.3) is 11.3 Å². The molecular formula is C19H24N2O3S. The van der Waals surface area contributed by atoms with Crippen molar-refractivity contribution in [2.24, 2.45) is 0 Å². The van der Waals surface area contributed by atoms with Crippen molar-refractivity contribution in [2.75, 3.05) is 42.7 Å². The first-order valence-electron chi connectivity index (χ1n) is 8.88. The van der Waals surface area contributed by atoms with Gasteiger partial charge in [0.2, 0.25) is 5.89 Å². The standard InChI is InChI=1S/C19H24N2O3S/c1-19(6-10-23-11-7-19)18-20-17(14-24-18)15-2-4-16(5-3-15)21-8-12-25(22)13-9-21/h2-5,14H,6-13H2,1H3. The van der Waals surface area contributed by atoms with Gasteiger partial charge in [0.1, 0.15) is 12.0 Å². The van der Waals surface area contributed by atoms with Gasteiger partial charge in [-0.25, -0.2) is 4.98 Å². The fraction of sp³-hybridized carbons (Fsp3) is 0.526. The first-order chi connectivity index (χ1) is 12.1. The molecule has 0 radical (unpaired) electrons. The van der Waals surface area contributed by atoms with Gasteiger partial charge in [-0.3, -0.25) is 4.21 Å². The van der Waals surface area contributed by atoms with E-state index in [4.69, 9.17) is 14.1 Å². The largest absolute Gasteiger partial charge is 0.448 e. The second-order valence-corrected chi connectivity index (χ2v) is 8.79. The van der Waals surface area contributed by atoms with E-state index in [2.05, 4.69) is 36.1 Å². The molecule has 0 N–H and O–H groups in total. The minimum atomic E-state index is -0.646. The SMILES string of the molecule is CC1(c2nc(-c3ccc(N4CCS(=O)CC4)cc3)co2)CCOCC1. The van der Waals surface area contributed by atoms with E-state index in [0.717, 1.165) is 67.8 Å².